The Balaban J connectivity index is 1.79. The third kappa shape index (κ3) is 3.26. The molecule has 0 atom stereocenters. The Morgan fingerprint density at radius 3 is 2.43 bits per heavy atom. The molecular weight excluding hydrogens is 288 g/mol. The molecule has 0 saturated carbocycles. The minimum Gasteiger partial charge on any atom is -0.441 e. The number of carbonyl (C=O) groups excluding carboxylic acids is 1. The van der Waals surface area contributed by atoms with Crippen molar-refractivity contribution < 1.29 is 9.21 Å². The van der Waals surface area contributed by atoms with Crippen LogP contribution in [0.5, 0.6) is 0 Å². The summed E-state index contributed by atoms with van der Waals surface area (Å²) in [6.07, 6.45) is 0. The third-order valence-corrected chi connectivity index (χ3v) is 3.77. The van der Waals surface area contributed by atoms with Gasteiger partial charge in [0.15, 0.2) is 11.5 Å². The van der Waals surface area contributed by atoms with Crippen molar-refractivity contribution >= 4 is 22.7 Å². The van der Waals surface area contributed by atoms with Crippen molar-refractivity contribution in [3.05, 3.63) is 59.5 Å². The van der Waals surface area contributed by atoms with E-state index in [4.69, 9.17) is 4.42 Å². The van der Waals surface area contributed by atoms with E-state index in [0.29, 0.717) is 22.6 Å². The molecule has 0 fully saturated rings. The fourth-order valence-corrected chi connectivity index (χ4v) is 2.44. The molecule has 0 spiro atoms. The highest BCUT2D eigenvalue weighted by Crippen LogP contribution is 2.24. The van der Waals surface area contributed by atoms with Crippen LogP contribution in [0, 0.1) is 6.92 Å². The molecule has 1 N–H and O–H groups in total. The van der Waals surface area contributed by atoms with Crippen LogP contribution < -0.4 is 5.32 Å². The first kappa shape index (κ1) is 15.3. The molecule has 1 heterocycles. The van der Waals surface area contributed by atoms with Crippen molar-refractivity contribution in [2.24, 2.45) is 0 Å². The number of aryl methyl sites for hydroxylation is 1. The van der Waals surface area contributed by atoms with Crippen molar-refractivity contribution in [1.29, 1.82) is 0 Å². The molecule has 0 radical (unpaired) electrons. The predicted octanol–water partition coefficient (Wildman–Crippen LogP) is 4.69. The van der Waals surface area contributed by atoms with E-state index in [9.17, 15) is 4.79 Å². The summed E-state index contributed by atoms with van der Waals surface area (Å²) >= 11 is 0. The predicted molar refractivity (Wildman–Crippen MR) is 91.8 cm³/mol. The fourth-order valence-electron chi connectivity index (χ4n) is 2.44. The molecule has 0 unspecified atom stereocenters. The number of nitrogens with one attached hydrogen (secondary N) is 1. The van der Waals surface area contributed by atoms with Crippen molar-refractivity contribution in [2.45, 2.75) is 33.1 Å². The number of fused-ring (bicyclic) bond motifs is 1. The smallest absolute Gasteiger partial charge is 0.255 e. The third-order valence-electron chi connectivity index (χ3n) is 3.77. The van der Waals surface area contributed by atoms with Crippen LogP contribution >= 0.6 is 0 Å². The first-order valence-electron chi connectivity index (χ1n) is 7.62. The summed E-state index contributed by atoms with van der Waals surface area (Å²) in [7, 11) is 0. The molecule has 23 heavy (non-hydrogen) atoms. The van der Waals surface area contributed by atoms with Gasteiger partial charge in [-0.05, 0) is 41.3 Å². The van der Waals surface area contributed by atoms with Gasteiger partial charge in [-0.25, -0.2) is 4.98 Å². The van der Waals surface area contributed by atoms with E-state index in [0.717, 1.165) is 5.69 Å². The number of benzene rings is 2. The molecule has 0 aliphatic heterocycles. The highest BCUT2D eigenvalue weighted by atomic mass is 16.3. The van der Waals surface area contributed by atoms with Crippen molar-refractivity contribution in [1.82, 2.24) is 4.98 Å². The van der Waals surface area contributed by atoms with Gasteiger partial charge in [0.05, 0.1) is 0 Å². The molecule has 3 rings (SSSR count). The van der Waals surface area contributed by atoms with E-state index in [-0.39, 0.29) is 11.3 Å². The highest BCUT2D eigenvalue weighted by Gasteiger charge is 2.14. The molecule has 0 saturated heterocycles. The van der Waals surface area contributed by atoms with Crippen LogP contribution in [0.2, 0.25) is 0 Å². The number of nitrogens with zero attached hydrogens (tertiary/aromatic N) is 1. The Kier molecular flexibility index (Phi) is 3.68. The number of aromatic nitrogens is 1. The summed E-state index contributed by atoms with van der Waals surface area (Å²) in [5, 5.41) is 2.91. The van der Waals surface area contributed by atoms with E-state index < -0.39 is 0 Å². The number of hydrogen-bond acceptors (Lipinski definition) is 3. The number of rotatable bonds is 2. The monoisotopic (exact) mass is 308 g/mol. The van der Waals surface area contributed by atoms with E-state index in [1.807, 2.05) is 24.3 Å². The van der Waals surface area contributed by atoms with Crippen LogP contribution in [-0.4, -0.2) is 10.9 Å². The molecular formula is C19H20N2O2. The van der Waals surface area contributed by atoms with Crippen LogP contribution in [0.3, 0.4) is 0 Å². The molecule has 118 valence electrons. The Hall–Kier alpha value is -2.62. The zero-order chi connectivity index (χ0) is 16.6. The van der Waals surface area contributed by atoms with Gasteiger partial charge >= 0.3 is 0 Å². The Labute approximate surface area is 135 Å². The van der Waals surface area contributed by atoms with Gasteiger partial charge in [0, 0.05) is 18.2 Å². The lowest BCUT2D eigenvalue weighted by Gasteiger charge is -2.19. The fraction of sp³-hybridized carbons (Fsp3) is 0.263. The molecule has 4 heteroatoms. The lowest BCUT2D eigenvalue weighted by Crippen LogP contribution is -2.13. The Morgan fingerprint density at radius 2 is 1.78 bits per heavy atom. The average Bonchev–Trinajstić information content (AvgIpc) is 2.85. The van der Waals surface area contributed by atoms with Gasteiger partial charge in [-0.2, -0.15) is 0 Å². The largest absolute Gasteiger partial charge is 0.441 e. The Bertz CT molecular complexity index is 855. The minimum absolute atomic E-state index is 0.0956. The SMILES string of the molecule is Cc1nc2cc(C(=O)Nc3ccc(C(C)(C)C)cc3)ccc2o1. The molecule has 0 bridgehead atoms. The van der Waals surface area contributed by atoms with Crippen molar-refractivity contribution in [2.75, 3.05) is 5.32 Å². The standard InChI is InChI=1S/C19H20N2O2/c1-12-20-16-11-13(5-10-17(16)23-12)18(22)21-15-8-6-14(7-9-15)19(2,3)4/h5-11H,1-4H3,(H,21,22). The number of amides is 1. The van der Waals surface area contributed by atoms with Crippen LogP contribution in [0.1, 0.15) is 42.6 Å². The molecule has 4 nitrogen and oxygen atoms in total. The first-order chi connectivity index (χ1) is 10.8. The topological polar surface area (TPSA) is 55.1 Å². The number of carbonyl (C=O) groups is 1. The number of oxazole rings is 1. The van der Waals surface area contributed by atoms with E-state index in [1.165, 1.54) is 5.56 Å². The van der Waals surface area contributed by atoms with Gasteiger partial charge in [-0.3, -0.25) is 4.79 Å². The van der Waals surface area contributed by atoms with Crippen molar-refractivity contribution in [3.8, 4) is 0 Å². The van der Waals surface area contributed by atoms with E-state index in [2.05, 4.69) is 31.1 Å². The molecule has 2 aromatic carbocycles. The lowest BCUT2D eigenvalue weighted by molar-refractivity contribution is 0.102. The van der Waals surface area contributed by atoms with Gasteiger partial charge < -0.3 is 9.73 Å². The maximum Gasteiger partial charge on any atom is 0.255 e. The summed E-state index contributed by atoms with van der Waals surface area (Å²) in [5.74, 6) is 0.436. The molecule has 0 aliphatic carbocycles. The van der Waals surface area contributed by atoms with Crippen LogP contribution in [0.4, 0.5) is 5.69 Å². The average molecular weight is 308 g/mol. The molecule has 1 amide bonds. The van der Waals surface area contributed by atoms with E-state index >= 15 is 0 Å². The van der Waals surface area contributed by atoms with Crippen LogP contribution in [0.25, 0.3) is 11.1 Å². The quantitative estimate of drug-likeness (QED) is 0.747. The second-order valence-electron chi connectivity index (χ2n) is 6.70. The minimum atomic E-state index is -0.156. The summed E-state index contributed by atoms with van der Waals surface area (Å²) in [4.78, 5) is 16.6. The normalized spacial score (nSPS) is 11.7. The van der Waals surface area contributed by atoms with Gasteiger partial charge in [0.1, 0.15) is 5.52 Å². The summed E-state index contributed by atoms with van der Waals surface area (Å²) in [6, 6.07) is 13.2. The van der Waals surface area contributed by atoms with E-state index in [1.54, 1.807) is 25.1 Å². The van der Waals surface area contributed by atoms with Gasteiger partial charge in [-0.15, -0.1) is 0 Å². The van der Waals surface area contributed by atoms with Crippen molar-refractivity contribution in [3.63, 3.8) is 0 Å². The molecule has 1 aromatic heterocycles. The highest BCUT2D eigenvalue weighted by molar-refractivity contribution is 6.05. The maximum absolute atomic E-state index is 12.4. The second kappa shape index (κ2) is 5.54. The summed E-state index contributed by atoms with van der Waals surface area (Å²) < 4.78 is 5.42. The number of anilines is 1. The maximum atomic E-state index is 12.4. The Morgan fingerprint density at radius 1 is 1.09 bits per heavy atom. The van der Waals surface area contributed by atoms with Gasteiger partial charge in [-0.1, -0.05) is 32.9 Å². The molecule has 0 aliphatic rings. The molecule has 3 aromatic rings. The zero-order valence-corrected chi connectivity index (χ0v) is 13.8. The number of hydrogen-bond donors (Lipinski definition) is 1. The zero-order valence-electron chi connectivity index (χ0n) is 13.8. The van der Waals surface area contributed by atoms with Crippen LogP contribution in [0.15, 0.2) is 46.9 Å². The van der Waals surface area contributed by atoms with Gasteiger partial charge in [0.2, 0.25) is 0 Å². The first-order valence-corrected chi connectivity index (χ1v) is 7.62. The lowest BCUT2D eigenvalue weighted by atomic mass is 9.87. The summed E-state index contributed by atoms with van der Waals surface area (Å²) in [6.45, 7) is 8.28. The van der Waals surface area contributed by atoms with Gasteiger partial charge in [0.25, 0.3) is 5.91 Å². The summed E-state index contributed by atoms with van der Waals surface area (Å²) in [5.41, 5.74) is 4.05. The second-order valence-corrected chi connectivity index (χ2v) is 6.70. The van der Waals surface area contributed by atoms with Crippen LogP contribution in [-0.2, 0) is 5.41 Å².